The lowest BCUT2D eigenvalue weighted by Gasteiger charge is -2.32. The highest BCUT2D eigenvalue weighted by molar-refractivity contribution is 7.15. The molecule has 1 aliphatic heterocycles. The summed E-state index contributed by atoms with van der Waals surface area (Å²) in [6, 6.07) is 12.9. The van der Waals surface area contributed by atoms with Crippen LogP contribution in [0, 0.1) is 13.8 Å². The van der Waals surface area contributed by atoms with Crippen LogP contribution < -0.4 is 5.32 Å². The van der Waals surface area contributed by atoms with Gasteiger partial charge in [0.25, 0.3) is 0 Å². The van der Waals surface area contributed by atoms with Crippen molar-refractivity contribution in [1.29, 1.82) is 0 Å². The molecule has 3 aromatic heterocycles. The molecule has 1 atom stereocenters. The molecule has 1 aliphatic rings. The topological polar surface area (TPSA) is 58.9 Å². The van der Waals surface area contributed by atoms with Crippen molar-refractivity contribution >= 4 is 33.3 Å². The van der Waals surface area contributed by atoms with Crippen LogP contribution in [0.5, 0.6) is 0 Å². The van der Waals surface area contributed by atoms with E-state index >= 15 is 0 Å². The molecule has 0 radical (unpaired) electrons. The van der Waals surface area contributed by atoms with Crippen molar-refractivity contribution in [2.24, 2.45) is 0 Å². The van der Waals surface area contributed by atoms with Crippen LogP contribution >= 0.6 is 11.3 Å². The number of pyridine rings is 1. The average Bonchev–Trinajstić information content (AvgIpc) is 3.34. The van der Waals surface area contributed by atoms with Crippen molar-refractivity contribution < 1.29 is 0 Å². The zero-order valence-corrected chi connectivity index (χ0v) is 19.1. The third-order valence-electron chi connectivity index (χ3n) is 6.10. The Bertz CT molecular complexity index is 1200. The van der Waals surface area contributed by atoms with E-state index in [4.69, 9.17) is 10.1 Å². The predicted octanol–water partition coefficient (Wildman–Crippen LogP) is 5.61. The molecule has 6 nitrogen and oxygen atoms in total. The number of rotatable bonds is 5. The number of anilines is 2. The van der Waals surface area contributed by atoms with Gasteiger partial charge in [0.15, 0.2) is 10.8 Å². The Balaban J connectivity index is 1.42. The van der Waals surface area contributed by atoms with Gasteiger partial charge in [-0.1, -0.05) is 24.6 Å². The highest BCUT2D eigenvalue weighted by Gasteiger charge is 2.19. The minimum absolute atomic E-state index is 0.653. The first-order chi connectivity index (χ1) is 15.1. The molecule has 0 saturated carbocycles. The lowest BCUT2D eigenvalue weighted by Crippen LogP contribution is -2.36. The highest BCUT2D eigenvalue weighted by Crippen LogP contribution is 2.29. The van der Waals surface area contributed by atoms with Gasteiger partial charge in [0.1, 0.15) is 5.82 Å². The number of piperidine rings is 1. The Morgan fingerprint density at radius 1 is 1.16 bits per heavy atom. The van der Waals surface area contributed by atoms with E-state index in [-0.39, 0.29) is 0 Å². The second-order valence-electron chi connectivity index (χ2n) is 8.43. The maximum Gasteiger partial charge on any atom is 0.188 e. The van der Waals surface area contributed by atoms with Crippen molar-refractivity contribution in [1.82, 2.24) is 24.6 Å². The van der Waals surface area contributed by atoms with Crippen LogP contribution in [0.1, 0.15) is 42.3 Å². The van der Waals surface area contributed by atoms with Crippen LogP contribution in [-0.4, -0.2) is 37.2 Å². The minimum Gasteiger partial charge on any atom is -0.316 e. The van der Waals surface area contributed by atoms with Crippen LogP contribution in [-0.2, 0) is 6.54 Å². The molecule has 0 bridgehead atoms. The molecule has 4 aromatic rings. The molecule has 0 amide bonds. The summed E-state index contributed by atoms with van der Waals surface area (Å²) in [5.41, 5.74) is 4.02. The van der Waals surface area contributed by atoms with Gasteiger partial charge in [-0.3, -0.25) is 4.90 Å². The fourth-order valence-electron chi connectivity index (χ4n) is 4.46. The highest BCUT2D eigenvalue weighted by atomic mass is 32.1. The normalized spacial score (nSPS) is 17.3. The summed E-state index contributed by atoms with van der Waals surface area (Å²) in [6.07, 6.45) is 5.94. The zero-order chi connectivity index (χ0) is 21.4. The molecule has 0 spiro atoms. The van der Waals surface area contributed by atoms with Crippen LogP contribution in [0.15, 0.2) is 42.6 Å². The number of thiazole rings is 1. The first-order valence-electron chi connectivity index (χ1n) is 11.0. The van der Waals surface area contributed by atoms with Gasteiger partial charge in [0, 0.05) is 29.0 Å². The standard InChI is InChI=1S/C24H28N6S/c1-16-13-21(26-23-22(16)18(3)28-30(23)19-10-5-4-6-11-19)27-24-25-14-20(31-24)15-29-12-8-7-9-17(29)2/h4-6,10-11,13-14,17H,7-9,12,15H2,1-3H3,(H,25,26,27). The van der Waals surface area contributed by atoms with Gasteiger partial charge in [-0.2, -0.15) is 5.10 Å². The fourth-order valence-corrected chi connectivity index (χ4v) is 5.30. The largest absolute Gasteiger partial charge is 0.316 e. The molecule has 1 aromatic carbocycles. The van der Waals surface area contributed by atoms with Crippen LogP contribution in [0.25, 0.3) is 16.7 Å². The molecular weight excluding hydrogens is 404 g/mol. The van der Waals surface area contributed by atoms with Crippen LogP contribution in [0.2, 0.25) is 0 Å². The first-order valence-corrected chi connectivity index (χ1v) is 11.8. The van der Waals surface area contributed by atoms with Gasteiger partial charge < -0.3 is 5.32 Å². The molecule has 1 unspecified atom stereocenters. The molecule has 160 valence electrons. The number of para-hydroxylation sites is 1. The van der Waals surface area contributed by atoms with Gasteiger partial charge in [0.2, 0.25) is 0 Å². The van der Waals surface area contributed by atoms with E-state index in [0.717, 1.165) is 45.5 Å². The Labute approximate surface area is 187 Å². The number of benzene rings is 1. The minimum atomic E-state index is 0.653. The maximum absolute atomic E-state index is 4.91. The second kappa shape index (κ2) is 8.40. The average molecular weight is 433 g/mol. The smallest absolute Gasteiger partial charge is 0.188 e. The summed E-state index contributed by atoms with van der Waals surface area (Å²) in [7, 11) is 0. The SMILES string of the molecule is Cc1cc(Nc2ncc(CN3CCCCC3C)s2)nc2c1c(C)nn2-c1ccccc1. The van der Waals surface area contributed by atoms with Crippen molar-refractivity contribution in [3.8, 4) is 5.69 Å². The molecule has 7 heteroatoms. The zero-order valence-electron chi connectivity index (χ0n) is 18.3. The van der Waals surface area contributed by atoms with Crippen molar-refractivity contribution in [3.05, 3.63) is 58.7 Å². The summed E-state index contributed by atoms with van der Waals surface area (Å²) >= 11 is 1.71. The molecule has 1 fully saturated rings. The summed E-state index contributed by atoms with van der Waals surface area (Å²) in [4.78, 5) is 13.4. The van der Waals surface area contributed by atoms with Crippen molar-refractivity contribution in [3.63, 3.8) is 0 Å². The van der Waals surface area contributed by atoms with E-state index in [1.165, 1.54) is 30.7 Å². The number of aromatic nitrogens is 4. The van der Waals surface area contributed by atoms with Gasteiger partial charge in [-0.25, -0.2) is 14.6 Å². The van der Waals surface area contributed by atoms with Crippen molar-refractivity contribution in [2.45, 2.75) is 52.6 Å². The number of likely N-dealkylation sites (tertiary alicyclic amines) is 1. The van der Waals surface area contributed by atoms with Gasteiger partial charge in [-0.05, 0) is 63.9 Å². The van der Waals surface area contributed by atoms with Gasteiger partial charge in [0.05, 0.1) is 11.4 Å². The van der Waals surface area contributed by atoms with Gasteiger partial charge in [-0.15, -0.1) is 11.3 Å². The molecule has 4 heterocycles. The summed E-state index contributed by atoms with van der Waals surface area (Å²) in [5, 5.41) is 10.2. The Morgan fingerprint density at radius 2 is 2.00 bits per heavy atom. The van der Waals surface area contributed by atoms with E-state index in [9.17, 15) is 0 Å². The summed E-state index contributed by atoms with van der Waals surface area (Å²) in [6.45, 7) is 8.65. The van der Waals surface area contributed by atoms with E-state index in [2.05, 4.69) is 47.2 Å². The number of nitrogens with zero attached hydrogens (tertiary/aromatic N) is 5. The number of hydrogen-bond acceptors (Lipinski definition) is 6. The van der Waals surface area contributed by atoms with Crippen LogP contribution in [0.4, 0.5) is 10.9 Å². The lowest BCUT2D eigenvalue weighted by atomic mass is 10.0. The Morgan fingerprint density at radius 3 is 2.81 bits per heavy atom. The molecule has 0 aliphatic carbocycles. The maximum atomic E-state index is 4.91. The first kappa shape index (κ1) is 20.2. The number of aryl methyl sites for hydroxylation is 2. The molecule has 5 rings (SSSR count). The molecular formula is C24H28N6S. The third-order valence-corrected chi connectivity index (χ3v) is 7.00. The predicted molar refractivity (Wildman–Crippen MR) is 127 cm³/mol. The lowest BCUT2D eigenvalue weighted by molar-refractivity contribution is 0.154. The number of hydrogen-bond donors (Lipinski definition) is 1. The fraction of sp³-hybridized carbons (Fsp3) is 0.375. The van der Waals surface area contributed by atoms with E-state index in [1.54, 1.807) is 11.3 Å². The summed E-state index contributed by atoms with van der Waals surface area (Å²) < 4.78 is 1.92. The quantitative estimate of drug-likeness (QED) is 0.444. The van der Waals surface area contributed by atoms with E-state index in [1.807, 2.05) is 36.0 Å². The second-order valence-corrected chi connectivity index (χ2v) is 9.54. The van der Waals surface area contributed by atoms with Crippen molar-refractivity contribution in [2.75, 3.05) is 11.9 Å². The van der Waals surface area contributed by atoms with Gasteiger partial charge >= 0.3 is 0 Å². The number of nitrogens with one attached hydrogen (secondary N) is 1. The molecule has 1 N–H and O–H groups in total. The third kappa shape index (κ3) is 4.07. The molecule has 31 heavy (non-hydrogen) atoms. The summed E-state index contributed by atoms with van der Waals surface area (Å²) in [5.74, 6) is 0.800. The number of fused-ring (bicyclic) bond motifs is 1. The van der Waals surface area contributed by atoms with Crippen LogP contribution in [0.3, 0.4) is 0 Å². The molecule has 1 saturated heterocycles. The Kier molecular flexibility index (Phi) is 5.46. The van der Waals surface area contributed by atoms with E-state index in [0.29, 0.717) is 6.04 Å². The monoisotopic (exact) mass is 432 g/mol. The van der Waals surface area contributed by atoms with E-state index < -0.39 is 0 Å². The Hall–Kier alpha value is -2.77.